The van der Waals surface area contributed by atoms with E-state index in [9.17, 15) is 10.1 Å². The molecule has 1 heterocycles. The number of hydrogen-bond acceptors (Lipinski definition) is 6. The van der Waals surface area contributed by atoms with Crippen molar-refractivity contribution >= 4 is 17.5 Å². The minimum atomic E-state index is -0.422. The van der Waals surface area contributed by atoms with Crippen molar-refractivity contribution in [3.05, 3.63) is 15.8 Å². The van der Waals surface area contributed by atoms with Crippen LogP contribution >= 0.6 is 0 Å². The van der Waals surface area contributed by atoms with Gasteiger partial charge in [0.05, 0.1) is 4.92 Å². The van der Waals surface area contributed by atoms with Crippen LogP contribution in [0.5, 0.6) is 0 Å². The maximum atomic E-state index is 11.3. The second-order valence-corrected chi connectivity index (χ2v) is 4.79. The van der Waals surface area contributed by atoms with Gasteiger partial charge in [-0.15, -0.1) is 0 Å². The monoisotopic (exact) mass is 281 g/mol. The lowest BCUT2D eigenvalue weighted by Gasteiger charge is -2.23. The Labute approximate surface area is 119 Å². The molecule has 0 bridgehead atoms. The Hall–Kier alpha value is -1.92. The summed E-state index contributed by atoms with van der Waals surface area (Å²) in [5.74, 6) is 0.433. The smallest absolute Gasteiger partial charge is 0.332 e. The average molecular weight is 281 g/mol. The fraction of sp³-hybridized carbons (Fsp3) is 0.692. The number of aromatic nitrogens is 2. The number of anilines is 2. The number of nitrogens with two attached hydrogens (primary N) is 1. The number of nitrogen functional groups attached to an aromatic ring is 1. The Morgan fingerprint density at radius 2 is 1.75 bits per heavy atom. The summed E-state index contributed by atoms with van der Waals surface area (Å²) in [4.78, 5) is 20.8. The average Bonchev–Trinajstić information content (AvgIpc) is 2.37. The highest BCUT2D eigenvalue weighted by Crippen LogP contribution is 2.29. The van der Waals surface area contributed by atoms with Crippen molar-refractivity contribution in [2.75, 3.05) is 23.7 Å². The van der Waals surface area contributed by atoms with Crippen LogP contribution in [-0.2, 0) is 0 Å². The highest BCUT2D eigenvalue weighted by molar-refractivity contribution is 5.61. The standard InChI is InChI=1S/C13H23N5O2/c1-4-6-8-17(9-7-5-2)12-11(18(19)20)10(3)15-13(14)16-12/h4-9H2,1-3H3,(H2,14,15,16). The minimum absolute atomic E-state index is 0.0357. The topological polar surface area (TPSA) is 98.2 Å². The van der Waals surface area contributed by atoms with Gasteiger partial charge in [-0.3, -0.25) is 10.1 Å². The molecule has 0 spiro atoms. The van der Waals surface area contributed by atoms with Gasteiger partial charge in [-0.25, -0.2) is 4.98 Å². The molecule has 1 aromatic heterocycles. The van der Waals surface area contributed by atoms with E-state index in [-0.39, 0.29) is 11.6 Å². The lowest BCUT2D eigenvalue weighted by molar-refractivity contribution is -0.385. The van der Waals surface area contributed by atoms with Crippen molar-refractivity contribution in [1.82, 2.24) is 9.97 Å². The van der Waals surface area contributed by atoms with Crippen molar-refractivity contribution in [3.63, 3.8) is 0 Å². The molecular weight excluding hydrogens is 258 g/mol. The molecule has 0 aromatic carbocycles. The third-order valence-electron chi connectivity index (χ3n) is 3.10. The zero-order valence-electron chi connectivity index (χ0n) is 12.4. The number of rotatable bonds is 8. The molecule has 0 aliphatic carbocycles. The van der Waals surface area contributed by atoms with E-state index >= 15 is 0 Å². The Kier molecular flexibility index (Phi) is 6.14. The molecular formula is C13H23N5O2. The first kappa shape index (κ1) is 16.1. The number of hydrogen-bond donors (Lipinski definition) is 1. The van der Waals surface area contributed by atoms with Gasteiger partial charge in [-0.1, -0.05) is 26.7 Å². The molecule has 0 saturated carbocycles. The molecule has 1 rings (SSSR count). The van der Waals surface area contributed by atoms with Gasteiger partial charge in [0.1, 0.15) is 5.69 Å². The van der Waals surface area contributed by atoms with E-state index in [1.165, 1.54) is 0 Å². The number of unbranched alkanes of at least 4 members (excludes halogenated alkanes) is 2. The number of nitrogens with zero attached hydrogens (tertiary/aromatic N) is 4. The molecule has 0 unspecified atom stereocenters. The molecule has 0 atom stereocenters. The third-order valence-corrected chi connectivity index (χ3v) is 3.10. The van der Waals surface area contributed by atoms with Gasteiger partial charge in [0.15, 0.2) is 0 Å². The van der Waals surface area contributed by atoms with Crippen LogP contribution in [0.4, 0.5) is 17.5 Å². The molecule has 0 fully saturated rings. The van der Waals surface area contributed by atoms with Crippen molar-refractivity contribution in [2.45, 2.75) is 46.5 Å². The lowest BCUT2D eigenvalue weighted by Crippen LogP contribution is -2.28. The van der Waals surface area contributed by atoms with E-state index in [0.717, 1.165) is 38.8 Å². The van der Waals surface area contributed by atoms with E-state index in [1.807, 2.05) is 4.90 Å². The van der Waals surface area contributed by atoms with Gasteiger partial charge in [0.2, 0.25) is 11.8 Å². The Bertz CT molecular complexity index is 456. The highest BCUT2D eigenvalue weighted by Gasteiger charge is 2.25. The van der Waals surface area contributed by atoms with Crippen LogP contribution in [0.3, 0.4) is 0 Å². The first-order chi connectivity index (χ1) is 9.51. The van der Waals surface area contributed by atoms with Crippen molar-refractivity contribution < 1.29 is 4.92 Å². The molecule has 1 aromatic rings. The zero-order chi connectivity index (χ0) is 15.1. The molecule has 0 saturated heterocycles. The first-order valence-electron chi connectivity index (χ1n) is 7.04. The quantitative estimate of drug-likeness (QED) is 0.581. The van der Waals surface area contributed by atoms with Gasteiger partial charge in [-0.05, 0) is 19.8 Å². The molecule has 0 radical (unpaired) electrons. The summed E-state index contributed by atoms with van der Waals surface area (Å²) in [6.45, 7) is 7.26. The molecule has 0 aliphatic rings. The summed E-state index contributed by atoms with van der Waals surface area (Å²) < 4.78 is 0. The summed E-state index contributed by atoms with van der Waals surface area (Å²) in [7, 11) is 0. The van der Waals surface area contributed by atoms with E-state index in [0.29, 0.717) is 11.5 Å². The molecule has 112 valence electrons. The van der Waals surface area contributed by atoms with Crippen LogP contribution in [0.15, 0.2) is 0 Å². The van der Waals surface area contributed by atoms with E-state index in [2.05, 4.69) is 23.8 Å². The Morgan fingerprint density at radius 1 is 1.20 bits per heavy atom. The van der Waals surface area contributed by atoms with E-state index in [4.69, 9.17) is 5.73 Å². The summed E-state index contributed by atoms with van der Waals surface area (Å²) >= 11 is 0. The first-order valence-corrected chi connectivity index (χ1v) is 7.04. The normalized spacial score (nSPS) is 10.6. The van der Waals surface area contributed by atoms with Crippen molar-refractivity contribution in [2.24, 2.45) is 0 Å². The summed E-state index contributed by atoms with van der Waals surface area (Å²) in [6.07, 6.45) is 3.97. The fourth-order valence-corrected chi connectivity index (χ4v) is 2.03. The molecule has 20 heavy (non-hydrogen) atoms. The van der Waals surface area contributed by atoms with Crippen LogP contribution in [0.1, 0.15) is 45.2 Å². The van der Waals surface area contributed by atoms with Gasteiger partial charge >= 0.3 is 5.69 Å². The second kappa shape index (κ2) is 7.62. The van der Waals surface area contributed by atoms with Crippen molar-refractivity contribution in [1.29, 1.82) is 0 Å². The Balaban J connectivity index is 3.18. The van der Waals surface area contributed by atoms with Gasteiger partial charge in [-0.2, -0.15) is 4.98 Å². The van der Waals surface area contributed by atoms with Crippen LogP contribution in [-0.4, -0.2) is 28.0 Å². The van der Waals surface area contributed by atoms with E-state index in [1.54, 1.807) is 6.92 Å². The predicted octanol–water partition coefficient (Wildman–Crippen LogP) is 2.68. The summed E-state index contributed by atoms with van der Waals surface area (Å²) in [6, 6.07) is 0. The molecule has 0 amide bonds. The largest absolute Gasteiger partial charge is 0.368 e. The molecule has 7 heteroatoms. The number of nitro groups is 1. The maximum Gasteiger partial charge on any atom is 0.332 e. The maximum absolute atomic E-state index is 11.3. The third kappa shape index (κ3) is 4.04. The minimum Gasteiger partial charge on any atom is -0.368 e. The highest BCUT2D eigenvalue weighted by atomic mass is 16.6. The number of aryl methyl sites for hydroxylation is 1. The van der Waals surface area contributed by atoms with Crippen LogP contribution in [0.2, 0.25) is 0 Å². The Morgan fingerprint density at radius 3 is 2.20 bits per heavy atom. The SMILES string of the molecule is CCCCN(CCCC)c1nc(N)nc(C)c1[N+](=O)[O-]. The summed E-state index contributed by atoms with van der Waals surface area (Å²) in [5, 5.41) is 11.3. The molecule has 2 N–H and O–H groups in total. The fourth-order valence-electron chi connectivity index (χ4n) is 2.03. The zero-order valence-corrected chi connectivity index (χ0v) is 12.4. The van der Waals surface area contributed by atoms with E-state index < -0.39 is 4.92 Å². The van der Waals surface area contributed by atoms with Gasteiger partial charge in [0, 0.05) is 13.1 Å². The van der Waals surface area contributed by atoms with Crippen LogP contribution < -0.4 is 10.6 Å². The van der Waals surface area contributed by atoms with Crippen LogP contribution in [0.25, 0.3) is 0 Å². The van der Waals surface area contributed by atoms with Crippen LogP contribution in [0, 0.1) is 17.0 Å². The molecule has 0 aliphatic heterocycles. The van der Waals surface area contributed by atoms with Gasteiger partial charge in [0.25, 0.3) is 0 Å². The van der Waals surface area contributed by atoms with Gasteiger partial charge < -0.3 is 10.6 Å². The predicted molar refractivity (Wildman–Crippen MR) is 79.9 cm³/mol. The summed E-state index contributed by atoms with van der Waals surface area (Å²) in [5.41, 5.74) is 5.93. The van der Waals surface area contributed by atoms with Crippen molar-refractivity contribution in [3.8, 4) is 0 Å². The second-order valence-electron chi connectivity index (χ2n) is 4.79. The molecule has 7 nitrogen and oxygen atoms in total. The lowest BCUT2D eigenvalue weighted by atomic mass is 10.2.